The number of esters is 1. The molecule has 8 heteroatoms. The van der Waals surface area contributed by atoms with E-state index in [4.69, 9.17) is 14.2 Å². The number of morpholine rings is 1. The first kappa shape index (κ1) is 24.1. The van der Waals surface area contributed by atoms with Crippen LogP contribution in [-0.2, 0) is 14.3 Å². The Morgan fingerprint density at radius 3 is 2.47 bits per heavy atom. The second-order valence-electron chi connectivity index (χ2n) is 7.99. The van der Waals surface area contributed by atoms with Gasteiger partial charge in [-0.05, 0) is 62.7 Å². The van der Waals surface area contributed by atoms with Gasteiger partial charge >= 0.3 is 5.97 Å². The van der Waals surface area contributed by atoms with Gasteiger partial charge in [-0.25, -0.2) is 4.79 Å². The summed E-state index contributed by atoms with van der Waals surface area (Å²) in [6.07, 6.45) is 0.733. The van der Waals surface area contributed by atoms with Gasteiger partial charge in [0.1, 0.15) is 5.75 Å². The number of ether oxygens (including phenoxy) is 3. The third kappa shape index (κ3) is 6.23. The molecule has 1 aliphatic heterocycles. The lowest BCUT2D eigenvalue weighted by atomic mass is 10.1. The van der Waals surface area contributed by atoms with E-state index in [1.807, 2.05) is 25.1 Å². The Morgan fingerprint density at radius 2 is 1.81 bits per heavy atom. The van der Waals surface area contributed by atoms with Crippen molar-refractivity contribution in [1.29, 1.82) is 0 Å². The molecule has 0 radical (unpaired) electrons. The van der Waals surface area contributed by atoms with Crippen molar-refractivity contribution in [1.82, 2.24) is 0 Å². The molecular formula is C24H29BrN2O5. The van der Waals surface area contributed by atoms with E-state index in [0.717, 1.165) is 16.6 Å². The number of nitrogens with one attached hydrogen (secondary N) is 1. The van der Waals surface area contributed by atoms with Gasteiger partial charge in [-0.15, -0.1) is 0 Å². The predicted octanol–water partition coefficient (Wildman–Crippen LogP) is 4.65. The van der Waals surface area contributed by atoms with Crippen LogP contribution in [0.5, 0.6) is 5.75 Å². The Balaban J connectivity index is 1.79. The topological polar surface area (TPSA) is 77.1 Å². The molecule has 2 aromatic rings. The van der Waals surface area contributed by atoms with Crippen LogP contribution in [0.25, 0.3) is 0 Å². The third-order valence-corrected chi connectivity index (χ3v) is 5.53. The van der Waals surface area contributed by atoms with Crippen molar-refractivity contribution in [3.8, 4) is 5.75 Å². The van der Waals surface area contributed by atoms with Crippen molar-refractivity contribution < 1.29 is 23.8 Å². The Labute approximate surface area is 197 Å². The summed E-state index contributed by atoms with van der Waals surface area (Å²) in [5.74, 6) is -0.151. The van der Waals surface area contributed by atoms with E-state index in [2.05, 4.69) is 26.1 Å². The van der Waals surface area contributed by atoms with E-state index in [1.54, 1.807) is 38.1 Å². The smallest absolute Gasteiger partial charge is 0.340 e. The number of rotatable bonds is 8. The number of hydrogen-bond donors (Lipinski definition) is 1. The van der Waals surface area contributed by atoms with Crippen molar-refractivity contribution >= 4 is 39.2 Å². The first-order valence-corrected chi connectivity index (χ1v) is 11.5. The zero-order valence-electron chi connectivity index (χ0n) is 18.7. The van der Waals surface area contributed by atoms with Crippen LogP contribution in [0.1, 0.15) is 37.6 Å². The van der Waals surface area contributed by atoms with E-state index >= 15 is 0 Å². The molecule has 3 rings (SSSR count). The fourth-order valence-electron chi connectivity index (χ4n) is 3.26. The Kier molecular flexibility index (Phi) is 8.15. The second kappa shape index (κ2) is 10.8. The molecule has 7 nitrogen and oxygen atoms in total. The molecular weight excluding hydrogens is 476 g/mol. The van der Waals surface area contributed by atoms with E-state index in [1.165, 1.54) is 0 Å². The molecule has 172 valence electrons. The fourth-order valence-corrected chi connectivity index (χ4v) is 3.52. The van der Waals surface area contributed by atoms with E-state index < -0.39 is 11.6 Å². The molecule has 1 fully saturated rings. The Hall–Kier alpha value is -2.58. The van der Waals surface area contributed by atoms with Crippen LogP contribution in [0.15, 0.2) is 46.9 Å². The maximum absolute atomic E-state index is 13.0. The van der Waals surface area contributed by atoms with E-state index in [0.29, 0.717) is 49.9 Å². The van der Waals surface area contributed by atoms with Crippen molar-refractivity contribution in [3.63, 3.8) is 0 Å². The van der Waals surface area contributed by atoms with Crippen LogP contribution in [0.2, 0.25) is 0 Å². The van der Waals surface area contributed by atoms with Gasteiger partial charge in [-0.2, -0.15) is 0 Å². The van der Waals surface area contributed by atoms with Gasteiger partial charge in [0.15, 0.2) is 5.60 Å². The van der Waals surface area contributed by atoms with Crippen LogP contribution in [0.4, 0.5) is 11.4 Å². The Morgan fingerprint density at radius 1 is 1.12 bits per heavy atom. The number of benzene rings is 2. The molecule has 1 N–H and O–H groups in total. The maximum Gasteiger partial charge on any atom is 0.340 e. The first-order chi connectivity index (χ1) is 15.3. The molecule has 0 spiro atoms. The summed E-state index contributed by atoms with van der Waals surface area (Å²) in [6, 6.07) is 12.6. The zero-order valence-corrected chi connectivity index (χ0v) is 20.2. The van der Waals surface area contributed by atoms with Gasteiger partial charge in [0.2, 0.25) is 0 Å². The minimum atomic E-state index is -1.13. The number of hydrogen-bond acceptors (Lipinski definition) is 6. The molecule has 0 atom stereocenters. The minimum absolute atomic E-state index is 0.326. The van der Waals surface area contributed by atoms with Crippen molar-refractivity contribution in [2.45, 2.75) is 32.8 Å². The second-order valence-corrected chi connectivity index (χ2v) is 8.90. The first-order valence-electron chi connectivity index (χ1n) is 10.7. The fraction of sp³-hybridized carbons (Fsp3) is 0.417. The summed E-state index contributed by atoms with van der Waals surface area (Å²) in [4.78, 5) is 27.8. The van der Waals surface area contributed by atoms with Crippen LogP contribution < -0.4 is 15.0 Å². The summed E-state index contributed by atoms with van der Waals surface area (Å²) < 4.78 is 17.6. The van der Waals surface area contributed by atoms with Gasteiger partial charge in [-0.3, -0.25) is 4.79 Å². The highest BCUT2D eigenvalue weighted by molar-refractivity contribution is 9.10. The summed E-state index contributed by atoms with van der Waals surface area (Å²) in [7, 11) is 0. The molecule has 1 heterocycles. The molecule has 0 bridgehead atoms. The average Bonchev–Trinajstić information content (AvgIpc) is 2.79. The average molecular weight is 505 g/mol. The van der Waals surface area contributed by atoms with Crippen LogP contribution in [0.3, 0.4) is 0 Å². The van der Waals surface area contributed by atoms with E-state index in [-0.39, 0.29) is 5.91 Å². The molecule has 1 amide bonds. The van der Waals surface area contributed by atoms with Crippen LogP contribution >= 0.6 is 15.9 Å². The van der Waals surface area contributed by atoms with Crippen LogP contribution in [-0.4, -0.2) is 50.4 Å². The summed E-state index contributed by atoms with van der Waals surface area (Å²) in [5.41, 5.74) is 0.574. The molecule has 0 aromatic heterocycles. The van der Waals surface area contributed by atoms with Crippen molar-refractivity contribution in [3.05, 3.63) is 52.5 Å². The van der Waals surface area contributed by atoms with E-state index in [9.17, 15) is 9.59 Å². The quantitative estimate of drug-likeness (QED) is 0.527. The molecule has 32 heavy (non-hydrogen) atoms. The minimum Gasteiger partial charge on any atom is -0.478 e. The SMILES string of the molecule is CCCOC(=O)c1cc(NC(=O)C(C)(C)Oc2ccc(Br)cc2)ccc1N1CCOCC1. The maximum atomic E-state index is 13.0. The molecule has 1 aliphatic rings. The van der Waals surface area contributed by atoms with Crippen molar-refractivity contribution in [2.75, 3.05) is 43.1 Å². The monoisotopic (exact) mass is 504 g/mol. The van der Waals surface area contributed by atoms with Gasteiger partial charge in [-0.1, -0.05) is 22.9 Å². The molecule has 1 saturated heterocycles. The lowest BCUT2D eigenvalue weighted by molar-refractivity contribution is -0.128. The third-order valence-electron chi connectivity index (χ3n) is 5.00. The summed E-state index contributed by atoms with van der Waals surface area (Å²) >= 11 is 3.38. The van der Waals surface area contributed by atoms with Gasteiger partial charge in [0.05, 0.1) is 31.1 Å². The number of carbonyl (C=O) groups excluding carboxylic acids is 2. The highest BCUT2D eigenvalue weighted by atomic mass is 79.9. The van der Waals surface area contributed by atoms with Crippen LogP contribution in [0, 0.1) is 0 Å². The molecule has 0 aliphatic carbocycles. The van der Waals surface area contributed by atoms with Crippen molar-refractivity contribution in [2.24, 2.45) is 0 Å². The number of halogens is 1. The largest absolute Gasteiger partial charge is 0.478 e. The lowest BCUT2D eigenvalue weighted by Gasteiger charge is -2.30. The number of carbonyl (C=O) groups is 2. The zero-order chi connectivity index (χ0) is 23.1. The lowest BCUT2D eigenvalue weighted by Crippen LogP contribution is -2.42. The van der Waals surface area contributed by atoms with Gasteiger partial charge < -0.3 is 24.4 Å². The highest BCUT2D eigenvalue weighted by Crippen LogP contribution is 2.28. The molecule has 2 aromatic carbocycles. The predicted molar refractivity (Wildman–Crippen MR) is 128 cm³/mol. The summed E-state index contributed by atoms with van der Waals surface area (Å²) in [5, 5.41) is 2.87. The van der Waals surface area contributed by atoms with Gasteiger partial charge in [0, 0.05) is 23.2 Å². The number of nitrogens with zero attached hydrogens (tertiary/aromatic N) is 1. The normalized spacial score (nSPS) is 14.1. The van der Waals surface area contributed by atoms with Gasteiger partial charge in [0.25, 0.3) is 5.91 Å². The molecule has 0 saturated carbocycles. The number of anilines is 2. The number of amides is 1. The standard InChI is InChI=1S/C24H29BrN2O5/c1-4-13-31-22(28)20-16-18(7-10-21(20)27-11-14-30-15-12-27)26-23(29)24(2,3)32-19-8-5-17(25)6-9-19/h5-10,16H,4,11-15H2,1-3H3,(H,26,29). The summed E-state index contributed by atoms with van der Waals surface area (Å²) in [6.45, 7) is 8.26. The Bertz CT molecular complexity index is 940. The molecule has 0 unspecified atom stereocenters. The highest BCUT2D eigenvalue weighted by Gasteiger charge is 2.30.